The first-order valence-corrected chi connectivity index (χ1v) is 10.8. The van der Waals surface area contributed by atoms with Crippen LogP contribution in [0.5, 0.6) is 0 Å². The van der Waals surface area contributed by atoms with Crippen molar-refractivity contribution in [2.75, 3.05) is 11.9 Å². The normalized spacial score (nSPS) is 15.9. The lowest BCUT2D eigenvalue weighted by atomic mass is 9.88. The molecule has 6 nitrogen and oxygen atoms in total. The highest BCUT2D eigenvalue weighted by molar-refractivity contribution is 9.10. The number of amides is 2. The lowest BCUT2D eigenvalue weighted by Crippen LogP contribution is -2.25. The van der Waals surface area contributed by atoms with Crippen molar-refractivity contribution in [2.45, 2.75) is 33.1 Å². The zero-order chi connectivity index (χ0) is 20.1. The molecule has 2 aromatic rings. The lowest BCUT2D eigenvalue weighted by Gasteiger charge is -2.18. The number of hydrazone groups is 1. The van der Waals surface area contributed by atoms with E-state index in [2.05, 4.69) is 38.7 Å². The van der Waals surface area contributed by atoms with Gasteiger partial charge in [0.2, 0.25) is 0 Å². The topological polar surface area (TPSA) is 79.8 Å². The van der Waals surface area contributed by atoms with Crippen LogP contribution in [0.25, 0.3) is 0 Å². The molecule has 148 valence electrons. The quantitative estimate of drug-likeness (QED) is 0.373. The summed E-state index contributed by atoms with van der Waals surface area (Å²) in [5.41, 5.74) is 4.79. The standard InChI is InChI=1S/C20H22BrN3O3S/c1-3-27-19(25)17-15-8-7-12(2)9-16(15)28-18(17)23-20(26)24-22-11-13-5-4-6-14(21)10-13/h4-6,10-12H,3,7-9H2,1-2H3,(H2,23,24,26)/b22-11+. The van der Waals surface area contributed by atoms with Crippen molar-refractivity contribution in [1.82, 2.24) is 5.43 Å². The Bertz CT molecular complexity index is 910. The van der Waals surface area contributed by atoms with Crippen LogP contribution in [0.1, 0.15) is 46.6 Å². The lowest BCUT2D eigenvalue weighted by molar-refractivity contribution is 0.0526. The number of anilines is 1. The second-order valence-electron chi connectivity index (χ2n) is 6.66. The maximum atomic E-state index is 12.5. The summed E-state index contributed by atoms with van der Waals surface area (Å²) in [6.07, 6.45) is 4.32. The number of nitrogens with zero attached hydrogens (tertiary/aromatic N) is 1. The SMILES string of the molecule is CCOC(=O)c1c(NC(=O)N/N=C/c2cccc(Br)c2)sc2c1CCC(C)C2. The number of ether oxygens (including phenoxy) is 1. The number of carbonyl (C=O) groups is 2. The maximum absolute atomic E-state index is 12.5. The zero-order valence-electron chi connectivity index (χ0n) is 15.8. The van der Waals surface area contributed by atoms with Crippen LogP contribution in [0.4, 0.5) is 9.80 Å². The molecule has 0 aliphatic heterocycles. The second-order valence-corrected chi connectivity index (χ2v) is 8.68. The second kappa shape index (κ2) is 9.34. The molecule has 2 N–H and O–H groups in total. The summed E-state index contributed by atoms with van der Waals surface area (Å²) >= 11 is 4.84. The first-order chi connectivity index (χ1) is 13.5. The van der Waals surface area contributed by atoms with Gasteiger partial charge in [-0.2, -0.15) is 5.10 Å². The van der Waals surface area contributed by atoms with Gasteiger partial charge in [-0.05, 0) is 55.4 Å². The fourth-order valence-electron chi connectivity index (χ4n) is 3.14. The molecule has 1 aliphatic rings. The molecular weight excluding hydrogens is 442 g/mol. The maximum Gasteiger partial charge on any atom is 0.341 e. The van der Waals surface area contributed by atoms with Gasteiger partial charge in [0, 0.05) is 9.35 Å². The smallest absolute Gasteiger partial charge is 0.341 e. The molecule has 0 radical (unpaired) electrons. The Labute approximate surface area is 176 Å². The van der Waals surface area contributed by atoms with E-state index in [9.17, 15) is 9.59 Å². The number of hydrogen-bond acceptors (Lipinski definition) is 5. The Morgan fingerprint density at radius 3 is 3.00 bits per heavy atom. The summed E-state index contributed by atoms with van der Waals surface area (Å²) in [6, 6.07) is 7.06. The van der Waals surface area contributed by atoms with E-state index in [0.717, 1.165) is 39.7 Å². The number of urea groups is 1. The number of thiophene rings is 1. The van der Waals surface area contributed by atoms with Crippen molar-refractivity contribution < 1.29 is 14.3 Å². The van der Waals surface area contributed by atoms with Gasteiger partial charge < -0.3 is 4.74 Å². The molecule has 0 fully saturated rings. The van der Waals surface area contributed by atoms with E-state index < -0.39 is 6.03 Å². The zero-order valence-corrected chi connectivity index (χ0v) is 18.2. The van der Waals surface area contributed by atoms with Crippen LogP contribution in [-0.2, 0) is 17.6 Å². The Hall–Kier alpha value is -2.19. The molecule has 2 amide bonds. The van der Waals surface area contributed by atoms with Crippen LogP contribution >= 0.6 is 27.3 Å². The molecule has 0 saturated heterocycles. The third kappa shape index (κ3) is 4.99. The van der Waals surface area contributed by atoms with E-state index in [1.165, 1.54) is 11.3 Å². The Kier molecular flexibility index (Phi) is 6.85. The average molecular weight is 464 g/mol. The molecular formula is C20H22BrN3O3S. The summed E-state index contributed by atoms with van der Waals surface area (Å²) in [6.45, 7) is 4.26. The number of nitrogens with one attached hydrogen (secondary N) is 2. The van der Waals surface area contributed by atoms with Gasteiger partial charge in [-0.1, -0.05) is 35.0 Å². The van der Waals surface area contributed by atoms with Crippen LogP contribution < -0.4 is 10.7 Å². The number of rotatable bonds is 5. The first kappa shape index (κ1) is 20.5. The number of fused-ring (bicyclic) bond motifs is 1. The monoisotopic (exact) mass is 463 g/mol. The minimum absolute atomic E-state index is 0.294. The Morgan fingerprint density at radius 1 is 1.43 bits per heavy atom. The van der Waals surface area contributed by atoms with E-state index in [4.69, 9.17) is 4.74 Å². The number of benzene rings is 1. The summed E-state index contributed by atoms with van der Waals surface area (Å²) in [5, 5.41) is 7.25. The molecule has 3 rings (SSSR count). The van der Waals surface area contributed by atoms with Crippen molar-refractivity contribution >= 4 is 50.5 Å². The van der Waals surface area contributed by atoms with E-state index >= 15 is 0 Å². The molecule has 1 heterocycles. The summed E-state index contributed by atoms with van der Waals surface area (Å²) < 4.78 is 6.14. The van der Waals surface area contributed by atoms with Gasteiger partial charge in [-0.3, -0.25) is 5.32 Å². The van der Waals surface area contributed by atoms with Crippen molar-refractivity contribution in [1.29, 1.82) is 0 Å². The van der Waals surface area contributed by atoms with E-state index in [1.54, 1.807) is 13.1 Å². The predicted octanol–water partition coefficient (Wildman–Crippen LogP) is 4.97. The fourth-order valence-corrected chi connectivity index (χ4v) is 4.95. The summed E-state index contributed by atoms with van der Waals surface area (Å²) in [7, 11) is 0. The molecule has 0 saturated carbocycles. The molecule has 8 heteroatoms. The molecule has 28 heavy (non-hydrogen) atoms. The predicted molar refractivity (Wildman–Crippen MR) is 115 cm³/mol. The highest BCUT2D eigenvalue weighted by Crippen LogP contribution is 2.40. The largest absolute Gasteiger partial charge is 0.462 e. The molecule has 1 aliphatic carbocycles. The van der Waals surface area contributed by atoms with E-state index in [-0.39, 0.29) is 5.97 Å². The van der Waals surface area contributed by atoms with Crippen LogP contribution in [0.3, 0.4) is 0 Å². The number of hydrogen-bond donors (Lipinski definition) is 2. The number of esters is 1. The highest BCUT2D eigenvalue weighted by Gasteiger charge is 2.29. The van der Waals surface area contributed by atoms with E-state index in [0.29, 0.717) is 23.1 Å². The van der Waals surface area contributed by atoms with Crippen LogP contribution in [0, 0.1) is 5.92 Å². The van der Waals surface area contributed by atoms with Gasteiger partial charge in [0.15, 0.2) is 0 Å². The number of halogens is 1. The fraction of sp³-hybridized carbons (Fsp3) is 0.350. The van der Waals surface area contributed by atoms with Crippen LogP contribution in [0.15, 0.2) is 33.8 Å². The van der Waals surface area contributed by atoms with Crippen molar-refractivity contribution in [3.05, 3.63) is 50.3 Å². The number of carbonyl (C=O) groups excluding carboxylic acids is 2. The minimum atomic E-state index is -0.497. The van der Waals surface area contributed by atoms with Crippen LogP contribution in [-0.4, -0.2) is 24.8 Å². The first-order valence-electron chi connectivity index (χ1n) is 9.15. The molecule has 1 unspecified atom stereocenters. The summed E-state index contributed by atoms with van der Waals surface area (Å²) in [4.78, 5) is 25.9. The van der Waals surface area contributed by atoms with Crippen molar-refractivity contribution in [3.63, 3.8) is 0 Å². The summed E-state index contributed by atoms with van der Waals surface area (Å²) in [5.74, 6) is 0.181. The molecule has 0 bridgehead atoms. The Balaban J connectivity index is 1.73. The third-order valence-electron chi connectivity index (χ3n) is 4.45. The molecule has 1 aromatic heterocycles. The molecule has 1 aromatic carbocycles. The third-order valence-corrected chi connectivity index (χ3v) is 6.11. The van der Waals surface area contributed by atoms with Crippen molar-refractivity contribution in [3.8, 4) is 0 Å². The average Bonchev–Trinajstić information content (AvgIpc) is 2.98. The van der Waals surface area contributed by atoms with E-state index in [1.807, 2.05) is 24.3 Å². The molecule has 0 spiro atoms. The van der Waals surface area contributed by atoms with Gasteiger partial charge in [-0.25, -0.2) is 15.0 Å². The highest BCUT2D eigenvalue weighted by atomic mass is 79.9. The van der Waals surface area contributed by atoms with Gasteiger partial charge in [-0.15, -0.1) is 11.3 Å². The Morgan fingerprint density at radius 2 is 2.25 bits per heavy atom. The van der Waals surface area contributed by atoms with Gasteiger partial charge >= 0.3 is 12.0 Å². The van der Waals surface area contributed by atoms with Gasteiger partial charge in [0.1, 0.15) is 5.00 Å². The van der Waals surface area contributed by atoms with Crippen LogP contribution in [0.2, 0.25) is 0 Å². The minimum Gasteiger partial charge on any atom is -0.462 e. The van der Waals surface area contributed by atoms with Crippen molar-refractivity contribution in [2.24, 2.45) is 11.0 Å². The molecule has 1 atom stereocenters. The van der Waals surface area contributed by atoms with Gasteiger partial charge in [0.25, 0.3) is 0 Å². The van der Waals surface area contributed by atoms with Gasteiger partial charge in [0.05, 0.1) is 18.4 Å².